The van der Waals surface area contributed by atoms with Gasteiger partial charge in [-0.25, -0.2) is 0 Å². The molecule has 4 nitrogen and oxygen atoms in total. The van der Waals surface area contributed by atoms with Crippen LogP contribution < -0.4 is 11.1 Å². The number of ether oxygens (including phenoxy) is 1. The molecule has 0 aromatic heterocycles. The van der Waals surface area contributed by atoms with Crippen molar-refractivity contribution < 1.29 is 9.53 Å². The van der Waals surface area contributed by atoms with E-state index in [-0.39, 0.29) is 11.8 Å². The number of nitrogens with two attached hydrogens (primary N) is 1. The molecule has 0 aromatic carbocycles. The Morgan fingerprint density at radius 2 is 2.14 bits per heavy atom. The van der Waals surface area contributed by atoms with Gasteiger partial charge in [0.25, 0.3) is 0 Å². The molecule has 0 bridgehead atoms. The van der Waals surface area contributed by atoms with E-state index in [0.717, 1.165) is 32.4 Å². The lowest BCUT2D eigenvalue weighted by atomic mass is 10.1. The SMILES string of the molecule is COCCCCCNC(=O)C(C)CN. The monoisotopic (exact) mass is 202 g/mol. The van der Waals surface area contributed by atoms with Crippen molar-refractivity contribution >= 4 is 5.91 Å². The second-order valence-corrected chi connectivity index (χ2v) is 3.48. The highest BCUT2D eigenvalue weighted by Gasteiger charge is 2.08. The van der Waals surface area contributed by atoms with Crippen molar-refractivity contribution in [1.29, 1.82) is 0 Å². The zero-order valence-corrected chi connectivity index (χ0v) is 9.21. The first-order valence-corrected chi connectivity index (χ1v) is 5.19. The fourth-order valence-corrected chi connectivity index (χ4v) is 1.04. The Kier molecular flexibility index (Phi) is 8.57. The Hall–Kier alpha value is -0.610. The van der Waals surface area contributed by atoms with Crippen molar-refractivity contribution in [3.63, 3.8) is 0 Å². The van der Waals surface area contributed by atoms with Crippen LogP contribution in [-0.4, -0.2) is 32.7 Å². The third kappa shape index (κ3) is 6.86. The maximum absolute atomic E-state index is 11.2. The third-order valence-corrected chi connectivity index (χ3v) is 2.13. The molecule has 0 spiro atoms. The van der Waals surface area contributed by atoms with E-state index in [1.807, 2.05) is 6.92 Å². The predicted octanol–water partition coefficient (Wildman–Crippen LogP) is 0.514. The molecule has 0 rings (SSSR count). The number of carbonyl (C=O) groups excluding carboxylic acids is 1. The molecule has 1 atom stereocenters. The van der Waals surface area contributed by atoms with Crippen molar-refractivity contribution in [1.82, 2.24) is 5.32 Å². The van der Waals surface area contributed by atoms with Crippen LogP contribution in [0.2, 0.25) is 0 Å². The summed E-state index contributed by atoms with van der Waals surface area (Å²) in [5, 5.41) is 2.85. The molecule has 0 aliphatic carbocycles. The maximum Gasteiger partial charge on any atom is 0.224 e. The van der Waals surface area contributed by atoms with Crippen LogP contribution in [0.5, 0.6) is 0 Å². The Balaban J connectivity index is 3.23. The lowest BCUT2D eigenvalue weighted by Gasteiger charge is -2.09. The first-order chi connectivity index (χ1) is 6.72. The van der Waals surface area contributed by atoms with Crippen LogP contribution in [0.3, 0.4) is 0 Å². The summed E-state index contributed by atoms with van der Waals surface area (Å²) >= 11 is 0. The zero-order valence-electron chi connectivity index (χ0n) is 9.21. The van der Waals surface area contributed by atoms with Crippen molar-refractivity contribution in [2.45, 2.75) is 26.2 Å². The predicted molar refractivity (Wildman–Crippen MR) is 57.0 cm³/mol. The van der Waals surface area contributed by atoms with E-state index in [1.54, 1.807) is 7.11 Å². The van der Waals surface area contributed by atoms with Crippen LogP contribution in [0.4, 0.5) is 0 Å². The fourth-order valence-electron chi connectivity index (χ4n) is 1.04. The summed E-state index contributed by atoms with van der Waals surface area (Å²) in [4.78, 5) is 11.2. The molecular formula is C10H22N2O2. The summed E-state index contributed by atoms with van der Waals surface area (Å²) in [6, 6.07) is 0. The fraction of sp³-hybridized carbons (Fsp3) is 0.900. The molecule has 0 fully saturated rings. The van der Waals surface area contributed by atoms with Gasteiger partial charge in [0.1, 0.15) is 0 Å². The highest BCUT2D eigenvalue weighted by molar-refractivity contribution is 5.78. The highest BCUT2D eigenvalue weighted by atomic mass is 16.5. The number of nitrogens with one attached hydrogen (secondary N) is 1. The first-order valence-electron chi connectivity index (χ1n) is 5.19. The molecule has 1 unspecified atom stereocenters. The molecule has 0 saturated heterocycles. The van der Waals surface area contributed by atoms with Gasteiger partial charge >= 0.3 is 0 Å². The molecular weight excluding hydrogens is 180 g/mol. The van der Waals surface area contributed by atoms with E-state index in [4.69, 9.17) is 10.5 Å². The first kappa shape index (κ1) is 13.4. The molecule has 14 heavy (non-hydrogen) atoms. The van der Waals surface area contributed by atoms with Gasteiger partial charge in [0, 0.05) is 32.7 Å². The van der Waals surface area contributed by atoms with E-state index >= 15 is 0 Å². The second-order valence-electron chi connectivity index (χ2n) is 3.48. The number of methoxy groups -OCH3 is 1. The van der Waals surface area contributed by atoms with Crippen LogP contribution in [0.15, 0.2) is 0 Å². The summed E-state index contributed by atoms with van der Waals surface area (Å²) in [6.07, 6.45) is 3.15. The minimum Gasteiger partial charge on any atom is -0.385 e. The van der Waals surface area contributed by atoms with E-state index < -0.39 is 0 Å². The normalized spacial score (nSPS) is 12.5. The minimum absolute atomic E-state index is 0.0549. The number of hydrogen-bond acceptors (Lipinski definition) is 3. The largest absolute Gasteiger partial charge is 0.385 e. The minimum atomic E-state index is -0.0750. The summed E-state index contributed by atoms with van der Waals surface area (Å²) in [6.45, 7) is 3.79. The van der Waals surface area contributed by atoms with Gasteiger partial charge in [0.2, 0.25) is 5.91 Å². The van der Waals surface area contributed by atoms with Gasteiger partial charge in [0.05, 0.1) is 0 Å². The van der Waals surface area contributed by atoms with Crippen LogP contribution in [0.25, 0.3) is 0 Å². The smallest absolute Gasteiger partial charge is 0.224 e. The van der Waals surface area contributed by atoms with E-state index in [2.05, 4.69) is 5.32 Å². The Morgan fingerprint density at radius 3 is 2.71 bits per heavy atom. The molecule has 0 heterocycles. The molecule has 4 heteroatoms. The van der Waals surface area contributed by atoms with E-state index in [1.165, 1.54) is 0 Å². The summed E-state index contributed by atoms with van der Waals surface area (Å²) in [7, 11) is 1.70. The van der Waals surface area contributed by atoms with Crippen molar-refractivity contribution in [2.24, 2.45) is 11.7 Å². The number of amides is 1. The Bertz CT molecular complexity index is 151. The maximum atomic E-state index is 11.2. The van der Waals surface area contributed by atoms with Crippen molar-refractivity contribution in [2.75, 3.05) is 26.8 Å². The molecule has 0 radical (unpaired) electrons. The van der Waals surface area contributed by atoms with Crippen LogP contribution in [0, 0.1) is 5.92 Å². The quantitative estimate of drug-likeness (QED) is 0.564. The number of rotatable bonds is 8. The average Bonchev–Trinajstić information content (AvgIpc) is 2.21. The molecule has 0 aliphatic heterocycles. The van der Waals surface area contributed by atoms with Gasteiger partial charge in [-0.3, -0.25) is 4.79 Å². The standard InChI is InChI=1S/C10H22N2O2/c1-9(8-11)10(13)12-6-4-3-5-7-14-2/h9H,3-8,11H2,1-2H3,(H,12,13). The second kappa shape index (κ2) is 8.97. The molecule has 1 amide bonds. The Morgan fingerprint density at radius 1 is 1.43 bits per heavy atom. The third-order valence-electron chi connectivity index (χ3n) is 2.13. The van der Waals surface area contributed by atoms with Crippen LogP contribution in [-0.2, 0) is 9.53 Å². The molecule has 84 valence electrons. The number of unbranched alkanes of at least 4 members (excludes halogenated alkanes) is 2. The lowest BCUT2D eigenvalue weighted by Crippen LogP contribution is -2.33. The van der Waals surface area contributed by atoms with E-state index in [0.29, 0.717) is 6.54 Å². The van der Waals surface area contributed by atoms with Gasteiger partial charge in [0.15, 0.2) is 0 Å². The summed E-state index contributed by atoms with van der Waals surface area (Å²) in [5.41, 5.74) is 5.37. The summed E-state index contributed by atoms with van der Waals surface area (Å²) in [5.74, 6) is -0.0202. The summed E-state index contributed by atoms with van der Waals surface area (Å²) < 4.78 is 4.92. The molecule has 0 aromatic rings. The van der Waals surface area contributed by atoms with Gasteiger partial charge in [-0.15, -0.1) is 0 Å². The van der Waals surface area contributed by atoms with Gasteiger partial charge in [-0.2, -0.15) is 0 Å². The molecule has 0 saturated carbocycles. The van der Waals surface area contributed by atoms with Gasteiger partial charge in [-0.05, 0) is 19.3 Å². The van der Waals surface area contributed by atoms with Gasteiger partial charge in [-0.1, -0.05) is 6.92 Å². The Labute approximate surface area is 86.2 Å². The molecule has 0 aliphatic rings. The van der Waals surface area contributed by atoms with Crippen molar-refractivity contribution in [3.05, 3.63) is 0 Å². The average molecular weight is 202 g/mol. The topological polar surface area (TPSA) is 64.3 Å². The number of hydrogen-bond donors (Lipinski definition) is 2. The van der Waals surface area contributed by atoms with Crippen molar-refractivity contribution in [3.8, 4) is 0 Å². The van der Waals surface area contributed by atoms with Crippen LogP contribution >= 0.6 is 0 Å². The lowest BCUT2D eigenvalue weighted by molar-refractivity contribution is -0.124. The van der Waals surface area contributed by atoms with Crippen LogP contribution in [0.1, 0.15) is 26.2 Å². The molecule has 3 N–H and O–H groups in total. The van der Waals surface area contributed by atoms with E-state index in [9.17, 15) is 4.79 Å². The highest BCUT2D eigenvalue weighted by Crippen LogP contribution is 1.95. The number of carbonyl (C=O) groups is 1. The van der Waals surface area contributed by atoms with Gasteiger partial charge < -0.3 is 15.8 Å². The zero-order chi connectivity index (χ0) is 10.8.